The Morgan fingerprint density at radius 3 is 2.20 bits per heavy atom. The van der Waals surface area contributed by atoms with Crippen molar-refractivity contribution in [2.75, 3.05) is 20.7 Å². The van der Waals surface area contributed by atoms with Gasteiger partial charge >= 0.3 is 0 Å². The molecule has 0 bridgehead atoms. The molecule has 0 amide bonds. The molecule has 1 aliphatic carbocycles. The smallest absolute Gasteiger partial charge is 0.0572 e. The molecule has 1 fully saturated rings. The van der Waals surface area contributed by atoms with Crippen LogP contribution in [0.2, 0.25) is 0 Å². The first-order valence-corrected chi connectivity index (χ1v) is 5.94. The number of ether oxygens (including phenoxy) is 1. The van der Waals surface area contributed by atoms with Gasteiger partial charge in [-0.3, -0.25) is 0 Å². The fourth-order valence-corrected chi connectivity index (χ4v) is 2.49. The second-order valence-electron chi connectivity index (χ2n) is 5.57. The average Bonchev–Trinajstić information content (AvgIpc) is 2.15. The van der Waals surface area contributed by atoms with Gasteiger partial charge < -0.3 is 15.4 Å². The number of hydrogen-bond donors (Lipinski definition) is 1. The number of hydrogen-bond acceptors (Lipinski definition) is 3. The molecule has 0 aliphatic heterocycles. The third kappa shape index (κ3) is 4.49. The second-order valence-corrected chi connectivity index (χ2v) is 5.57. The van der Waals surface area contributed by atoms with Crippen LogP contribution in [-0.2, 0) is 4.74 Å². The minimum atomic E-state index is -0.0904. The van der Waals surface area contributed by atoms with E-state index in [1.54, 1.807) is 0 Å². The van der Waals surface area contributed by atoms with Crippen LogP contribution >= 0.6 is 0 Å². The largest absolute Gasteiger partial charge is 0.381 e. The highest BCUT2D eigenvalue weighted by Gasteiger charge is 2.26. The first-order chi connectivity index (χ1) is 6.92. The van der Waals surface area contributed by atoms with Crippen molar-refractivity contribution in [2.45, 2.75) is 57.2 Å². The van der Waals surface area contributed by atoms with Crippen LogP contribution in [0.1, 0.15) is 39.5 Å². The molecule has 0 radical (unpaired) electrons. The highest BCUT2D eigenvalue weighted by Crippen LogP contribution is 2.24. The van der Waals surface area contributed by atoms with E-state index in [-0.39, 0.29) is 5.54 Å². The van der Waals surface area contributed by atoms with Crippen LogP contribution in [0.15, 0.2) is 0 Å². The van der Waals surface area contributed by atoms with Gasteiger partial charge in [-0.25, -0.2) is 0 Å². The Morgan fingerprint density at radius 2 is 1.80 bits per heavy atom. The van der Waals surface area contributed by atoms with E-state index in [4.69, 9.17) is 10.5 Å². The molecular formula is C12H26N2O. The normalized spacial score (nSPS) is 28.4. The van der Waals surface area contributed by atoms with Gasteiger partial charge in [-0.1, -0.05) is 0 Å². The lowest BCUT2D eigenvalue weighted by molar-refractivity contribution is 0.0410. The molecule has 0 aromatic heterocycles. The summed E-state index contributed by atoms with van der Waals surface area (Å²) >= 11 is 0. The summed E-state index contributed by atoms with van der Waals surface area (Å²) in [5.74, 6) is 0. The summed E-state index contributed by atoms with van der Waals surface area (Å²) in [6.45, 7) is 5.14. The molecule has 0 spiro atoms. The van der Waals surface area contributed by atoms with Gasteiger partial charge in [0.25, 0.3) is 0 Å². The minimum absolute atomic E-state index is 0.0904. The quantitative estimate of drug-likeness (QED) is 0.773. The molecule has 15 heavy (non-hydrogen) atoms. The Morgan fingerprint density at radius 1 is 1.27 bits per heavy atom. The molecule has 3 nitrogen and oxygen atoms in total. The zero-order valence-electron chi connectivity index (χ0n) is 10.6. The molecule has 0 aromatic rings. The molecule has 1 rings (SSSR count). The molecule has 1 saturated carbocycles. The maximum absolute atomic E-state index is 6.03. The molecule has 0 saturated heterocycles. The number of rotatable bonds is 4. The monoisotopic (exact) mass is 214 g/mol. The second kappa shape index (κ2) is 5.28. The van der Waals surface area contributed by atoms with Gasteiger partial charge in [-0.15, -0.1) is 0 Å². The average molecular weight is 214 g/mol. The standard InChI is InChI=1S/C12H26N2O/c1-12(2,13)9-14(3)10-5-7-11(15-4)8-6-10/h10-11H,5-9,13H2,1-4H3. The molecule has 0 atom stereocenters. The summed E-state index contributed by atoms with van der Waals surface area (Å²) in [5.41, 5.74) is 5.94. The van der Waals surface area contributed by atoms with Crippen molar-refractivity contribution >= 4 is 0 Å². The van der Waals surface area contributed by atoms with Crippen LogP contribution in [0.4, 0.5) is 0 Å². The Hall–Kier alpha value is -0.120. The van der Waals surface area contributed by atoms with Crippen molar-refractivity contribution in [3.63, 3.8) is 0 Å². The number of nitrogens with zero attached hydrogens (tertiary/aromatic N) is 1. The third-order valence-electron chi connectivity index (χ3n) is 3.26. The summed E-state index contributed by atoms with van der Waals surface area (Å²) in [6, 6.07) is 0.694. The lowest BCUT2D eigenvalue weighted by Crippen LogP contribution is -2.48. The molecular weight excluding hydrogens is 188 g/mol. The van der Waals surface area contributed by atoms with Crippen molar-refractivity contribution in [1.29, 1.82) is 0 Å². The molecule has 0 aromatic carbocycles. The minimum Gasteiger partial charge on any atom is -0.381 e. The van der Waals surface area contributed by atoms with Crippen molar-refractivity contribution in [3.05, 3.63) is 0 Å². The molecule has 2 N–H and O–H groups in total. The third-order valence-corrected chi connectivity index (χ3v) is 3.26. The Balaban J connectivity index is 2.33. The highest BCUT2D eigenvalue weighted by atomic mass is 16.5. The summed E-state index contributed by atoms with van der Waals surface area (Å²) in [5, 5.41) is 0. The van der Waals surface area contributed by atoms with Crippen molar-refractivity contribution in [2.24, 2.45) is 5.73 Å². The van der Waals surface area contributed by atoms with Crippen molar-refractivity contribution < 1.29 is 4.74 Å². The van der Waals surface area contributed by atoms with Crippen molar-refractivity contribution in [3.8, 4) is 0 Å². The Bertz CT molecular complexity index is 181. The van der Waals surface area contributed by atoms with Crippen LogP contribution < -0.4 is 5.73 Å². The fourth-order valence-electron chi connectivity index (χ4n) is 2.49. The number of nitrogens with two attached hydrogens (primary N) is 1. The molecule has 0 unspecified atom stereocenters. The summed E-state index contributed by atoms with van der Waals surface area (Å²) in [4.78, 5) is 2.41. The van der Waals surface area contributed by atoms with Gasteiger partial charge in [0.2, 0.25) is 0 Å². The zero-order chi connectivity index (χ0) is 11.5. The van der Waals surface area contributed by atoms with Gasteiger partial charge in [-0.05, 0) is 46.6 Å². The van der Waals surface area contributed by atoms with Crippen LogP contribution in [0, 0.1) is 0 Å². The maximum atomic E-state index is 6.03. The van der Waals surface area contributed by atoms with E-state index in [2.05, 4.69) is 25.8 Å². The lowest BCUT2D eigenvalue weighted by atomic mass is 9.91. The van der Waals surface area contributed by atoms with Gasteiger partial charge in [0, 0.05) is 25.2 Å². The van der Waals surface area contributed by atoms with Gasteiger partial charge in [0.05, 0.1) is 6.10 Å². The Labute approximate surface area is 94.0 Å². The van der Waals surface area contributed by atoms with E-state index in [0.29, 0.717) is 12.1 Å². The molecule has 90 valence electrons. The predicted molar refractivity (Wildman–Crippen MR) is 63.9 cm³/mol. The van der Waals surface area contributed by atoms with Crippen LogP contribution in [0.5, 0.6) is 0 Å². The first-order valence-electron chi connectivity index (χ1n) is 5.94. The molecule has 1 aliphatic rings. The van der Waals surface area contributed by atoms with Crippen LogP contribution in [-0.4, -0.2) is 43.3 Å². The van der Waals surface area contributed by atoms with Gasteiger partial charge in [-0.2, -0.15) is 0 Å². The maximum Gasteiger partial charge on any atom is 0.0572 e. The van der Waals surface area contributed by atoms with Gasteiger partial charge in [0.15, 0.2) is 0 Å². The van der Waals surface area contributed by atoms with Crippen molar-refractivity contribution in [1.82, 2.24) is 4.90 Å². The predicted octanol–water partition coefficient (Wildman–Crippen LogP) is 1.61. The Kier molecular flexibility index (Phi) is 4.56. The summed E-state index contributed by atoms with van der Waals surface area (Å²) < 4.78 is 5.38. The zero-order valence-corrected chi connectivity index (χ0v) is 10.6. The van der Waals surface area contributed by atoms with E-state index in [1.807, 2.05) is 7.11 Å². The number of likely N-dealkylation sites (N-methyl/N-ethyl adjacent to an activating group) is 1. The number of methoxy groups -OCH3 is 1. The van der Waals surface area contributed by atoms with Gasteiger partial charge in [0.1, 0.15) is 0 Å². The summed E-state index contributed by atoms with van der Waals surface area (Å²) in [7, 11) is 4.00. The van der Waals surface area contributed by atoms with Crippen LogP contribution in [0.25, 0.3) is 0 Å². The van der Waals surface area contributed by atoms with E-state index in [1.165, 1.54) is 25.7 Å². The fraction of sp³-hybridized carbons (Fsp3) is 1.00. The van der Waals surface area contributed by atoms with E-state index in [9.17, 15) is 0 Å². The topological polar surface area (TPSA) is 38.5 Å². The van der Waals surface area contributed by atoms with Crippen LogP contribution in [0.3, 0.4) is 0 Å². The molecule has 0 heterocycles. The SMILES string of the molecule is COC1CCC(N(C)CC(C)(C)N)CC1. The summed E-state index contributed by atoms with van der Waals surface area (Å²) in [6.07, 6.45) is 5.35. The van der Waals surface area contributed by atoms with E-state index in [0.717, 1.165) is 6.54 Å². The van der Waals surface area contributed by atoms with E-state index >= 15 is 0 Å². The highest BCUT2D eigenvalue weighted by molar-refractivity contribution is 4.83. The van der Waals surface area contributed by atoms with E-state index < -0.39 is 0 Å². The molecule has 3 heteroatoms. The first kappa shape index (κ1) is 12.9. The lowest BCUT2D eigenvalue weighted by Gasteiger charge is -2.37.